The van der Waals surface area contributed by atoms with Gasteiger partial charge in [-0.1, -0.05) is 35.1 Å². The van der Waals surface area contributed by atoms with Crippen molar-refractivity contribution < 1.29 is 18.7 Å². The van der Waals surface area contributed by atoms with Crippen molar-refractivity contribution >= 4 is 35.0 Å². The maximum atomic E-state index is 13.8. The van der Waals surface area contributed by atoms with Crippen molar-refractivity contribution in [3.8, 4) is 17.1 Å². The van der Waals surface area contributed by atoms with E-state index in [9.17, 15) is 9.59 Å². The topological polar surface area (TPSA) is 83.0 Å². The first-order valence-electron chi connectivity index (χ1n) is 12.6. The summed E-state index contributed by atoms with van der Waals surface area (Å²) in [5.41, 5.74) is 2.19. The average Bonchev–Trinajstić information content (AvgIpc) is 3.48. The molecule has 2 aromatic heterocycles. The van der Waals surface area contributed by atoms with E-state index < -0.39 is 12.0 Å². The maximum Gasteiger partial charge on any atom is 0.338 e. The third-order valence-corrected chi connectivity index (χ3v) is 7.35. The van der Waals surface area contributed by atoms with Gasteiger partial charge in [0.2, 0.25) is 0 Å². The van der Waals surface area contributed by atoms with Gasteiger partial charge in [-0.2, -0.15) is 0 Å². The van der Waals surface area contributed by atoms with Gasteiger partial charge in [0, 0.05) is 16.7 Å². The molecule has 0 saturated carbocycles. The van der Waals surface area contributed by atoms with E-state index in [2.05, 4.69) is 4.99 Å². The molecule has 0 unspecified atom stereocenters. The minimum atomic E-state index is -0.697. The minimum Gasteiger partial charge on any atom is -0.491 e. The molecule has 5 rings (SSSR count). The van der Waals surface area contributed by atoms with E-state index in [1.807, 2.05) is 62.4 Å². The summed E-state index contributed by atoms with van der Waals surface area (Å²) in [6.07, 6.45) is 1.72. The molecule has 1 aliphatic heterocycles. The first-order chi connectivity index (χ1) is 18.7. The van der Waals surface area contributed by atoms with Crippen LogP contribution in [0.2, 0.25) is 5.02 Å². The molecule has 0 aliphatic carbocycles. The molecule has 0 N–H and O–H groups in total. The lowest BCUT2D eigenvalue weighted by atomic mass is 9.96. The zero-order valence-electron chi connectivity index (χ0n) is 21.9. The summed E-state index contributed by atoms with van der Waals surface area (Å²) >= 11 is 7.24. The summed E-state index contributed by atoms with van der Waals surface area (Å²) in [5.74, 6) is 1.39. The Kier molecular flexibility index (Phi) is 7.59. The second-order valence-electron chi connectivity index (χ2n) is 9.25. The number of fused-ring (bicyclic) bond motifs is 1. The smallest absolute Gasteiger partial charge is 0.338 e. The number of ether oxygens (including phenoxy) is 2. The third-order valence-electron chi connectivity index (χ3n) is 6.11. The van der Waals surface area contributed by atoms with Gasteiger partial charge in [0.25, 0.3) is 5.56 Å². The Bertz CT molecular complexity index is 1730. The van der Waals surface area contributed by atoms with Crippen molar-refractivity contribution in [1.82, 2.24) is 4.57 Å². The van der Waals surface area contributed by atoms with Crippen LogP contribution < -0.4 is 19.6 Å². The van der Waals surface area contributed by atoms with Gasteiger partial charge < -0.3 is 13.9 Å². The molecule has 2 aromatic carbocycles. The zero-order valence-corrected chi connectivity index (χ0v) is 23.5. The highest BCUT2D eigenvalue weighted by Crippen LogP contribution is 2.32. The summed E-state index contributed by atoms with van der Waals surface area (Å²) in [7, 11) is 0. The lowest BCUT2D eigenvalue weighted by Crippen LogP contribution is -2.39. The third kappa shape index (κ3) is 5.48. The predicted octanol–water partition coefficient (Wildman–Crippen LogP) is 5.50. The van der Waals surface area contributed by atoms with Gasteiger partial charge in [0.05, 0.1) is 34.6 Å². The van der Waals surface area contributed by atoms with Crippen LogP contribution >= 0.6 is 22.9 Å². The number of allylic oxidation sites excluding steroid dienone is 1. The van der Waals surface area contributed by atoms with Crippen LogP contribution in [0, 0.1) is 0 Å². The molecule has 4 aromatic rings. The SMILES string of the molecule is CCOC(=O)C1=C(C)N=c2s/c(=C\c3ccc(-c4ccc(Cl)cc4)o3)c(=O)n2[C@@H]1c1ccc(OC(C)C)cc1. The molecule has 1 aliphatic rings. The molecular formula is C30H27ClN2O5S. The molecule has 0 saturated heterocycles. The molecule has 0 fully saturated rings. The average molecular weight is 563 g/mol. The Hall–Kier alpha value is -3.88. The second kappa shape index (κ2) is 11.1. The number of hydrogen-bond acceptors (Lipinski definition) is 7. The van der Waals surface area contributed by atoms with Gasteiger partial charge in [-0.25, -0.2) is 9.79 Å². The van der Waals surface area contributed by atoms with Crippen molar-refractivity contribution in [1.29, 1.82) is 0 Å². The number of rotatable bonds is 7. The van der Waals surface area contributed by atoms with Crippen LogP contribution in [0.3, 0.4) is 0 Å². The molecule has 9 heteroatoms. The van der Waals surface area contributed by atoms with Gasteiger partial charge in [-0.05, 0) is 81.8 Å². The Morgan fingerprint density at radius 3 is 2.51 bits per heavy atom. The molecule has 0 spiro atoms. The van der Waals surface area contributed by atoms with Crippen LogP contribution in [-0.2, 0) is 9.53 Å². The first-order valence-corrected chi connectivity index (χ1v) is 13.8. The van der Waals surface area contributed by atoms with Crippen LogP contribution in [0.4, 0.5) is 0 Å². The van der Waals surface area contributed by atoms with Gasteiger partial charge in [-0.15, -0.1) is 0 Å². The van der Waals surface area contributed by atoms with Crippen LogP contribution in [0.5, 0.6) is 5.75 Å². The summed E-state index contributed by atoms with van der Waals surface area (Å²) in [6, 6.07) is 17.7. The van der Waals surface area contributed by atoms with E-state index >= 15 is 0 Å². The van der Waals surface area contributed by atoms with Crippen molar-refractivity contribution in [3.05, 3.63) is 108 Å². The fraction of sp³-hybridized carbons (Fsp3) is 0.233. The fourth-order valence-corrected chi connectivity index (χ4v) is 5.59. The minimum absolute atomic E-state index is 0.0209. The quantitative estimate of drug-likeness (QED) is 0.278. The molecule has 39 heavy (non-hydrogen) atoms. The molecule has 0 bridgehead atoms. The maximum absolute atomic E-state index is 13.8. The van der Waals surface area contributed by atoms with Gasteiger partial charge in [-0.3, -0.25) is 9.36 Å². The largest absolute Gasteiger partial charge is 0.491 e. The second-order valence-corrected chi connectivity index (χ2v) is 10.7. The van der Waals surface area contributed by atoms with E-state index in [1.165, 1.54) is 11.3 Å². The summed E-state index contributed by atoms with van der Waals surface area (Å²) < 4.78 is 19.1. The first kappa shape index (κ1) is 26.7. The lowest BCUT2D eigenvalue weighted by molar-refractivity contribution is -0.139. The number of esters is 1. The molecule has 1 atom stereocenters. The Balaban J connectivity index is 1.60. The standard InChI is InChI=1S/C30H27ClN2O5S/c1-5-36-29(35)26-18(4)32-30-33(27(26)20-8-12-22(13-9-20)37-17(2)3)28(34)25(39-30)16-23-14-15-24(38-23)19-6-10-21(31)11-7-19/h6-17,27H,5H2,1-4H3/b25-16-/t27-/m1/s1. The Morgan fingerprint density at radius 2 is 1.85 bits per heavy atom. The van der Waals surface area contributed by atoms with Crippen LogP contribution in [0.1, 0.15) is 45.1 Å². The number of hydrogen-bond donors (Lipinski definition) is 0. The van der Waals surface area contributed by atoms with Gasteiger partial charge in [0.1, 0.15) is 17.3 Å². The van der Waals surface area contributed by atoms with E-state index in [0.717, 1.165) is 11.1 Å². The van der Waals surface area contributed by atoms with Crippen molar-refractivity contribution in [2.75, 3.05) is 6.61 Å². The highest BCUT2D eigenvalue weighted by molar-refractivity contribution is 7.07. The molecule has 7 nitrogen and oxygen atoms in total. The van der Waals surface area contributed by atoms with Crippen molar-refractivity contribution in [2.45, 2.75) is 39.8 Å². The highest BCUT2D eigenvalue weighted by atomic mass is 35.5. The lowest BCUT2D eigenvalue weighted by Gasteiger charge is -2.25. The van der Waals surface area contributed by atoms with Crippen molar-refractivity contribution in [3.63, 3.8) is 0 Å². The fourth-order valence-electron chi connectivity index (χ4n) is 4.44. The predicted molar refractivity (Wildman–Crippen MR) is 152 cm³/mol. The zero-order chi connectivity index (χ0) is 27.7. The normalized spacial score (nSPS) is 15.3. The van der Waals surface area contributed by atoms with Gasteiger partial charge >= 0.3 is 5.97 Å². The number of halogens is 1. The Labute approximate surface area is 234 Å². The summed E-state index contributed by atoms with van der Waals surface area (Å²) in [5, 5.41) is 0.640. The number of carbonyl (C=O) groups excluding carboxylic acids is 1. The molecule has 3 heterocycles. The molecular weight excluding hydrogens is 536 g/mol. The number of benzene rings is 2. The van der Waals surface area contributed by atoms with Crippen LogP contribution in [0.15, 0.2) is 86.1 Å². The summed E-state index contributed by atoms with van der Waals surface area (Å²) in [4.78, 5) is 32.0. The highest BCUT2D eigenvalue weighted by Gasteiger charge is 2.33. The number of aromatic nitrogens is 1. The number of nitrogens with zero attached hydrogens (tertiary/aromatic N) is 2. The summed E-state index contributed by atoms with van der Waals surface area (Å²) in [6.45, 7) is 7.62. The molecule has 200 valence electrons. The van der Waals surface area contributed by atoms with E-state index in [1.54, 1.807) is 36.6 Å². The monoisotopic (exact) mass is 562 g/mol. The number of furan rings is 1. The van der Waals surface area contributed by atoms with Crippen LogP contribution in [-0.4, -0.2) is 23.2 Å². The Morgan fingerprint density at radius 1 is 1.13 bits per heavy atom. The molecule has 0 radical (unpaired) electrons. The molecule has 0 amide bonds. The van der Waals surface area contributed by atoms with E-state index in [0.29, 0.717) is 42.9 Å². The van der Waals surface area contributed by atoms with E-state index in [-0.39, 0.29) is 18.3 Å². The van der Waals surface area contributed by atoms with Crippen molar-refractivity contribution in [2.24, 2.45) is 4.99 Å². The van der Waals surface area contributed by atoms with E-state index in [4.69, 9.17) is 25.5 Å². The van der Waals surface area contributed by atoms with Crippen LogP contribution in [0.25, 0.3) is 17.4 Å². The number of thiazole rings is 1. The van der Waals surface area contributed by atoms with Gasteiger partial charge in [0.15, 0.2) is 4.80 Å². The number of carbonyl (C=O) groups is 1.